The Kier molecular flexibility index (Phi) is 4.00. The highest BCUT2D eigenvalue weighted by Gasteiger charge is 2.10. The van der Waals surface area contributed by atoms with Crippen LogP contribution in [0.3, 0.4) is 0 Å². The fraction of sp³-hybridized carbons (Fsp3) is 0.0455. The van der Waals surface area contributed by atoms with Gasteiger partial charge in [0.05, 0.1) is 26.1 Å². The number of terminal acetylenes is 1. The Bertz CT molecular complexity index is 1330. The normalized spacial score (nSPS) is 11.0. The van der Waals surface area contributed by atoms with Crippen LogP contribution in [-0.4, -0.2) is 19.9 Å². The molecule has 2 aromatic carbocycles. The summed E-state index contributed by atoms with van der Waals surface area (Å²) >= 11 is 1.51. The number of aromatic amines is 1. The minimum Gasteiger partial charge on any atom is -0.342 e. The monoisotopic (exact) mass is 381 g/mol. The molecule has 6 heteroatoms. The molecule has 0 aliphatic carbocycles. The van der Waals surface area contributed by atoms with Crippen molar-refractivity contribution in [1.82, 2.24) is 19.9 Å². The molecular weight excluding hydrogens is 366 g/mol. The fourth-order valence-electron chi connectivity index (χ4n) is 3.16. The zero-order chi connectivity index (χ0) is 18.9. The van der Waals surface area contributed by atoms with E-state index in [1.165, 1.54) is 16.9 Å². The van der Waals surface area contributed by atoms with Gasteiger partial charge in [-0.1, -0.05) is 36.3 Å². The first kappa shape index (κ1) is 16.5. The van der Waals surface area contributed by atoms with E-state index >= 15 is 0 Å². The molecule has 134 valence electrons. The first-order valence-corrected chi connectivity index (χ1v) is 9.61. The molecule has 0 aliphatic heterocycles. The van der Waals surface area contributed by atoms with Gasteiger partial charge in [-0.2, -0.15) is 0 Å². The molecule has 0 radical (unpaired) electrons. The van der Waals surface area contributed by atoms with E-state index in [0.29, 0.717) is 0 Å². The quantitative estimate of drug-likeness (QED) is 0.435. The van der Waals surface area contributed by atoms with Gasteiger partial charge < -0.3 is 10.3 Å². The Morgan fingerprint density at radius 2 is 1.93 bits per heavy atom. The molecule has 0 spiro atoms. The second-order valence-corrected chi connectivity index (χ2v) is 7.45. The lowest BCUT2D eigenvalue weighted by Gasteiger charge is -2.05. The van der Waals surface area contributed by atoms with Gasteiger partial charge in [0.2, 0.25) is 0 Å². The number of H-pyrrole nitrogens is 1. The molecule has 0 amide bonds. The first-order chi connectivity index (χ1) is 13.8. The molecule has 5 rings (SSSR count). The number of hydrogen-bond donors (Lipinski definition) is 2. The number of aromatic nitrogens is 4. The number of nitrogens with zero attached hydrogens (tertiary/aromatic N) is 3. The number of benzene rings is 2. The first-order valence-electron chi connectivity index (χ1n) is 8.79. The minimum absolute atomic E-state index is 0.750. The molecule has 0 bridgehead atoms. The molecule has 0 unspecified atom stereocenters. The van der Waals surface area contributed by atoms with Crippen molar-refractivity contribution in [3.05, 3.63) is 77.2 Å². The van der Waals surface area contributed by atoms with Crippen LogP contribution in [0, 0.1) is 12.3 Å². The lowest BCUT2D eigenvalue weighted by molar-refractivity contribution is 1.04. The topological polar surface area (TPSA) is 66.5 Å². The zero-order valence-electron chi connectivity index (χ0n) is 14.8. The van der Waals surface area contributed by atoms with Crippen molar-refractivity contribution in [2.45, 2.75) is 6.42 Å². The molecule has 0 saturated heterocycles. The largest absolute Gasteiger partial charge is 0.342 e. The number of thiophene rings is 1. The molecule has 28 heavy (non-hydrogen) atoms. The number of rotatable bonds is 4. The summed E-state index contributed by atoms with van der Waals surface area (Å²) < 4.78 is 0.949. The van der Waals surface area contributed by atoms with Gasteiger partial charge in [0.1, 0.15) is 12.2 Å². The van der Waals surface area contributed by atoms with E-state index in [9.17, 15) is 0 Å². The van der Waals surface area contributed by atoms with E-state index in [-0.39, 0.29) is 0 Å². The van der Waals surface area contributed by atoms with Crippen molar-refractivity contribution in [1.29, 1.82) is 0 Å². The molecule has 0 saturated carbocycles. The molecule has 0 atom stereocenters. The van der Waals surface area contributed by atoms with Crippen LogP contribution in [0.25, 0.3) is 21.3 Å². The maximum Gasteiger partial charge on any atom is 0.151 e. The van der Waals surface area contributed by atoms with Crippen LogP contribution < -0.4 is 5.32 Å². The Labute approximate surface area is 165 Å². The van der Waals surface area contributed by atoms with Crippen LogP contribution >= 0.6 is 11.3 Å². The van der Waals surface area contributed by atoms with Crippen molar-refractivity contribution in [3.8, 4) is 12.3 Å². The van der Waals surface area contributed by atoms with Gasteiger partial charge in [0, 0.05) is 12.1 Å². The zero-order valence-corrected chi connectivity index (χ0v) is 15.6. The third kappa shape index (κ3) is 3.08. The Morgan fingerprint density at radius 1 is 1.04 bits per heavy atom. The van der Waals surface area contributed by atoms with E-state index < -0.39 is 0 Å². The predicted molar refractivity (Wildman–Crippen MR) is 114 cm³/mol. The number of nitrogens with one attached hydrogen (secondary N) is 2. The molecule has 0 aliphatic rings. The average molecular weight is 381 g/mol. The SMILES string of the molecule is C#Cc1cc2ncnc(Nc3ccc4nc(Cc5ccccc5)[nH]c4c3)c2s1. The van der Waals surface area contributed by atoms with Crippen LogP contribution in [0.1, 0.15) is 16.3 Å². The van der Waals surface area contributed by atoms with Gasteiger partial charge in [0.25, 0.3) is 0 Å². The van der Waals surface area contributed by atoms with E-state index in [4.69, 9.17) is 11.4 Å². The Morgan fingerprint density at radius 3 is 2.79 bits per heavy atom. The third-order valence-electron chi connectivity index (χ3n) is 4.46. The van der Waals surface area contributed by atoms with Gasteiger partial charge >= 0.3 is 0 Å². The second-order valence-electron chi connectivity index (χ2n) is 6.39. The van der Waals surface area contributed by atoms with Crippen molar-refractivity contribution in [2.24, 2.45) is 0 Å². The summed E-state index contributed by atoms with van der Waals surface area (Å²) in [4.78, 5) is 17.6. The summed E-state index contributed by atoms with van der Waals surface area (Å²) in [5, 5.41) is 3.38. The van der Waals surface area contributed by atoms with Crippen LogP contribution in [0.4, 0.5) is 11.5 Å². The van der Waals surface area contributed by atoms with Gasteiger partial charge in [-0.15, -0.1) is 17.8 Å². The smallest absolute Gasteiger partial charge is 0.151 e. The van der Waals surface area contributed by atoms with Crippen LogP contribution in [-0.2, 0) is 6.42 Å². The summed E-state index contributed by atoms with van der Waals surface area (Å²) in [6, 6.07) is 18.3. The van der Waals surface area contributed by atoms with Gasteiger partial charge in [0.15, 0.2) is 5.82 Å². The molecule has 3 aromatic heterocycles. The molecule has 5 nitrogen and oxygen atoms in total. The lowest BCUT2D eigenvalue weighted by atomic mass is 10.1. The van der Waals surface area contributed by atoms with Crippen molar-refractivity contribution in [3.63, 3.8) is 0 Å². The number of imidazole rings is 1. The molecule has 5 aromatic rings. The molecule has 2 N–H and O–H groups in total. The van der Waals surface area contributed by atoms with E-state index in [1.54, 1.807) is 6.33 Å². The highest BCUT2D eigenvalue weighted by Crippen LogP contribution is 2.31. The maximum absolute atomic E-state index is 5.52. The lowest BCUT2D eigenvalue weighted by Crippen LogP contribution is -1.94. The Hall–Kier alpha value is -3.69. The second kappa shape index (κ2) is 6.80. The standard InChI is InChI=1S/C22H15N5S/c1-2-16-12-19-21(28-16)22(24-13-23-19)25-15-8-9-17-18(11-15)27-20(26-17)10-14-6-4-3-5-7-14/h1,3-9,11-13H,10H2,(H,26,27)(H,23,24,25). The van der Waals surface area contributed by atoms with Crippen LogP contribution in [0.15, 0.2) is 60.9 Å². The number of fused-ring (bicyclic) bond motifs is 2. The van der Waals surface area contributed by atoms with Gasteiger partial charge in [-0.25, -0.2) is 15.0 Å². The minimum atomic E-state index is 0.750. The van der Waals surface area contributed by atoms with E-state index in [0.717, 1.165) is 49.9 Å². The summed E-state index contributed by atoms with van der Waals surface area (Å²) in [5.74, 6) is 4.36. The molecule has 0 fully saturated rings. The van der Waals surface area contributed by atoms with E-state index in [2.05, 4.69) is 38.3 Å². The maximum atomic E-state index is 5.52. The summed E-state index contributed by atoms with van der Waals surface area (Å²) in [6.07, 6.45) is 7.84. The van der Waals surface area contributed by atoms with Gasteiger partial charge in [-0.3, -0.25) is 0 Å². The van der Waals surface area contributed by atoms with Crippen molar-refractivity contribution < 1.29 is 0 Å². The molecule has 3 heterocycles. The van der Waals surface area contributed by atoms with Crippen molar-refractivity contribution >= 4 is 44.1 Å². The highest BCUT2D eigenvalue weighted by atomic mass is 32.1. The van der Waals surface area contributed by atoms with Gasteiger partial charge in [-0.05, 0) is 29.8 Å². The highest BCUT2D eigenvalue weighted by molar-refractivity contribution is 7.20. The van der Waals surface area contributed by atoms with E-state index in [1.807, 2.05) is 42.5 Å². The Balaban J connectivity index is 1.45. The van der Waals surface area contributed by atoms with Crippen molar-refractivity contribution in [2.75, 3.05) is 5.32 Å². The summed E-state index contributed by atoms with van der Waals surface area (Å²) in [5.41, 5.74) is 4.93. The number of anilines is 2. The fourth-order valence-corrected chi connectivity index (χ4v) is 4.03. The van der Waals surface area contributed by atoms with Crippen LogP contribution in [0.2, 0.25) is 0 Å². The summed E-state index contributed by atoms with van der Waals surface area (Å²) in [7, 11) is 0. The van der Waals surface area contributed by atoms with Crippen LogP contribution in [0.5, 0.6) is 0 Å². The average Bonchev–Trinajstić information content (AvgIpc) is 3.32. The predicted octanol–water partition coefficient (Wildman–Crippen LogP) is 4.88. The molecular formula is C22H15N5S. The third-order valence-corrected chi connectivity index (χ3v) is 5.52. The number of hydrogen-bond acceptors (Lipinski definition) is 5. The summed E-state index contributed by atoms with van der Waals surface area (Å²) in [6.45, 7) is 0.